The first kappa shape index (κ1) is 18.4. The van der Waals surface area contributed by atoms with E-state index in [1.165, 1.54) is 20.2 Å². The number of rotatable bonds is 5. The molecular weight excluding hydrogens is 354 g/mol. The summed E-state index contributed by atoms with van der Waals surface area (Å²) in [6, 6.07) is 4.73. The van der Waals surface area contributed by atoms with Gasteiger partial charge in [0, 0.05) is 46.1 Å². The minimum Gasteiger partial charge on any atom is -0.371 e. The molecule has 0 saturated carbocycles. The van der Waals surface area contributed by atoms with E-state index in [9.17, 15) is 13.2 Å². The van der Waals surface area contributed by atoms with Gasteiger partial charge in [0.1, 0.15) is 0 Å². The molecule has 0 atom stereocenters. The van der Waals surface area contributed by atoms with Crippen LogP contribution in [-0.2, 0) is 17.1 Å². The second kappa shape index (κ2) is 7.08. The normalized spacial score (nSPS) is 14.8. The number of aromatic nitrogens is 2. The lowest BCUT2D eigenvalue weighted by Gasteiger charge is -2.22. The summed E-state index contributed by atoms with van der Waals surface area (Å²) in [7, 11) is 1.08. The van der Waals surface area contributed by atoms with Gasteiger partial charge in [-0.3, -0.25) is 9.48 Å². The van der Waals surface area contributed by atoms with Gasteiger partial charge >= 0.3 is 0 Å². The molecule has 9 heteroatoms. The van der Waals surface area contributed by atoms with Crippen LogP contribution in [-0.4, -0.2) is 55.6 Å². The molecule has 8 nitrogen and oxygen atoms in total. The molecule has 1 aliphatic heterocycles. The Labute approximate surface area is 153 Å². The van der Waals surface area contributed by atoms with Crippen LogP contribution in [0, 0.1) is 0 Å². The van der Waals surface area contributed by atoms with Crippen molar-refractivity contribution >= 4 is 27.3 Å². The Bertz CT molecular complexity index is 914. The van der Waals surface area contributed by atoms with Gasteiger partial charge in [0.05, 0.1) is 22.3 Å². The SMILES string of the molecule is CN(C)S(=O)(=O)c1ccc(N2CCCC2)c(C(=O)Nc2cnn(C)c2)c1. The van der Waals surface area contributed by atoms with E-state index in [0.717, 1.165) is 35.9 Å². The fourth-order valence-electron chi connectivity index (χ4n) is 2.99. The first-order valence-corrected chi connectivity index (χ1v) is 9.84. The minimum absolute atomic E-state index is 0.0989. The zero-order valence-electron chi connectivity index (χ0n) is 15.1. The first-order chi connectivity index (χ1) is 12.3. The smallest absolute Gasteiger partial charge is 0.257 e. The molecule has 1 aliphatic rings. The van der Waals surface area contributed by atoms with Crippen LogP contribution in [0.5, 0.6) is 0 Å². The van der Waals surface area contributed by atoms with Gasteiger partial charge in [0.2, 0.25) is 10.0 Å². The van der Waals surface area contributed by atoms with Gasteiger partial charge in [-0.25, -0.2) is 12.7 Å². The maximum absolute atomic E-state index is 12.9. The molecule has 0 radical (unpaired) electrons. The van der Waals surface area contributed by atoms with E-state index in [1.807, 2.05) is 0 Å². The monoisotopic (exact) mass is 377 g/mol. The quantitative estimate of drug-likeness (QED) is 0.854. The Morgan fingerprint density at radius 1 is 1.23 bits per heavy atom. The number of benzene rings is 1. The van der Waals surface area contributed by atoms with E-state index >= 15 is 0 Å². The van der Waals surface area contributed by atoms with E-state index in [4.69, 9.17) is 0 Å². The highest BCUT2D eigenvalue weighted by molar-refractivity contribution is 7.89. The maximum Gasteiger partial charge on any atom is 0.257 e. The van der Waals surface area contributed by atoms with Crippen molar-refractivity contribution in [2.75, 3.05) is 37.4 Å². The third-order valence-corrected chi connectivity index (χ3v) is 6.21. The number of hydrogen-bond donors (Lipinski definition) is 1. The molecule has 1 fully saturated rings. The number of aryl methyl sites for hydroxylation is 1. The molecular formula is C17H23N5O3S. The summed E-state index contributed by atoms with van der Waals surface area (Å²) in [6.07, 6.45) is 5.35. The molecule has 2 heterocycles. The summed E-state index contributed by atoms with van der Waals surface area (Å²) >= 11 is 0. The van der Waals surface area contributed by atoms with Gasteiger partial charge in [-0.2, -0.15) is 5.10 Å². The highest BCUT2D eigenvalue weighted by Crippen LogP contribution is 2.28. The van der Waals surface area contributed by atoms with Crippen molar-refractivity contribution in [1.29, 1.82) is 0 Å². The maximum atomic E-state index is 12.9. The average Bonchev–Trinajstić information content (AvgIpc) is 3.26. The fraction of sp³-hybridized carbons (Fsp3) is 0.412. The van der Waals surface area contributed by atoms with Crippen molar-refractivity contribution < 1.29 is 13.2 Å². The molecule has 1 aromatic carbocycles. The number of anilines is 2. The number of nitrogens with zero attached hydrogens (tertiary/aromatic N) is 4. The van der Waals surface area contributed by atoms with Crippen LogP contribution in [0.2, 0.25) is 0 Å². The number of carbonyl (C=O) groups is 1. The molecule has 1 amide bonds. The predicted molar refractivity (Wildman–Crippen MR) is 99.9 cm³/mol. The third-order valence-electron chi connectivity index (χ3n) is 4.40. The zero-order chi connectivity index (χ0) is 18.9. The standard InChI is InChI=1S/C17H23N5O3S/c1-20(2)26(24,25)14-6-7-16(22-8-4-5-9-22)15(10-14)17(23)19-13-11-18-21(3)12-13/h6-7,10-12H,4-5,8-9H2,1-3H3,(H,19,23). The number of amides is 1. The molecule has 1 saturated heterocycles. The minimum atomic E-state index is -3.62. The molecule has 0 spiro atoms. The first-order valence-electron chi connectivity index (χ1n) is 8.40. The summed E-state index contributed by atoms with van der Waals surface area (Å²) in [5.41, 5.74) is 1.66. The van der Waals surface area contributed by atoms with E-state index in [0.29, 0.717) is 11.3 Å². The molecule has 0 aliphatic carbocycles. The van der Waals surface area contributed by atoms with E-state index in [-0.39, 0.29) is 10.8 Å². The van der Waals surface area contributed by atoms with Crippen molar-refractivity contribution in [2.24, 2.45) is 7.05 Å². The highest BCUT2D eigenvalue weighted by atomic mass is 32.2. The van der Waals surface area contributed by atoms with Crippen LogP contribution in [0.25, 0.3) is 0 Å². The Morgan fingerprint density at radius 3 is 2.50 bits per heavy atom. The molecule has 2 aromatic rings. The lowest BCUT2D eigenvalue weighted by molar-refractivity contribution is 0.102. The summed E-state index contributed by atoms with van der Waals surface area (Å²) < 4.78 is 27.7. The summed E-state index contributed by atoms with van der Waals surface area (Å²) in [6.45, 7) is 1.71. The van der Waals surface area contributed by atoms with Gasteiger partial charge in [0.25, 0.3) is 5.91 Å². The lowest BCUT2D eigenvalue weighted by Crippen LogP contribution is -2.25. The van der Waals surface area contributed by atoms with Crippen molar-refractivity contribution in [3.63, 3.8) is 0 Å². The van der Waals surface area contributed by atoms with Crippen LogP contribution >= 0.6 is 0 Å². The Balaban J connectivity index is 2.01. The molecule has 1 aromatic heterocycles. The van der Waals surface area contributed by atoms with Crippen molar-refractivity contribution in [3.8, 4) is 0 Å². The predicted octanol–water partition coefficient (Wildman–Crippen LogP) is 1.52. The summed E-state index contributed by atoms with van der Waals surface area (Å²) in [5, 5.41) is 6.83. The molecule has 26 heavy (non-hydrogen) atoms. The van der Waals surface area contributed by atoms with Crippen LogP contribution in [0.4, 0.5) is 11.4 Å². The van der Waals surface area contributed by atoms with E-state index in [2.05, 4.69) is 15.3 Å². The van der Waals surface area contributed by atoms with Gasteiger partial charge in [-0.15, -0.1) is 0 Å². The number of nitrogens with one attached hydrogen (secondary N) is 1. The second-order valence-corrected chi connectivity index (χ2v) is 8.67. The number of carbonyl (C=O) groups excluding carboxylic acids is 1. The van der Waals surface area contributed by atoms with Crippen molar-refractivity contribution in [3.05, 3.63) is 36.2 Å². The van der Waals surface area contributed by atoms with Crippen molar-refractivity contribution in [1.82, 2.24) is 14.1 Å². The average molecular weight is 377 g/mol. The largest absolute Gasteiger partial charge is 0.371 e. The zero-order valence-corrected chi connectivity index (χ0v) is 16.0. The number of sulfonamides is 1. The van der Waals surface area contributed by atoms with Gasteiger partial charge < -0.3 is 10.2 Å². The molecule has 140 valence electrons. The highest BCUT2D eigenvalue weighted by Gasteiger charge is 2.24. The Morgan fingerprint density at radius 2 is 1.92 bits per heavy atom. The Kier molecular flexibility index (Phi) is 5.01. The van der Waals surface area contributed by atoms with Crippen LogP contribution in [0.1, 0.15) is 23.2 Å². The second-order valence-electron chi connectivity index (χ2n) is 6.52. The summed E-state index contributed by atoms with van der Waals surface area (Å²) in [5.74, 6) is -0.351. The molecule has 3 rings (SSSR count). The lowest BCUT2D eigenvalue weighted by atomic mass is 10.1. The van der Waals surface area contributed by atoms with Gasteiger partial charge in [0.15, 0.2) is 0 Å². The third kappa shape index (κ3) is 3.58. The van der Waals surface area contributed by atoms with E-state index < -0.39 is 10.0 Å². The van der Waals surface area contributed by atoms with Gasteiger partial charge in [-0.1, -0.05) is 0 Å². The van der Waals surface area contributed by atoms with Crippen LogP contribution in [0.3, 0.4) is 0 Å². The Hall–Kier alpha value is -2.39. The fourth-order valence-corrected chi connectivity index (χ4v) is 3.91. The van der Waals surface area contributed by atoms with E-state index in [1.54, 1.807) is 36.3 Å². The molecule has 0 bridgehead atoms. The van der Waals surface area contributed by atoms with Gasteiger partial charge in [-0.05, 0) is 31.0 Å². The van der Waals surface area contributed by atoms with Crippen LogP contribution in [0.15, 0.2) is 35.5 Å². The van der Waals surface area contributed by atoms with Crippen molar-refractivity contribution in [2.45, 2.75) is 17.7 Å². The topological polar surface area (TPSA) is 87.5 Å². The van der Waals surface area contributed by atoms with Crippen LogP contribution < -0.4 is 10.2 Å². The molecule has 1 N–H and O–H groups in total. The number of hydrogen-bond acceptors (Lipinski definition) is 5. The molecule has 0 unspecified atom stereocenters. The summed E-state index contributed by atoms with van der Waals surface area (Å²) in [4.78, 5) is 15.1.